The Kier molecular flexibility index (Phi) is 5.80. The van der Waals surface area contributed by atoms with Crippen molar-refractivity contribution in [1.29, 1.82) is 0 Å². The predicted molar refractivity (Wildman–Crippen MR) is 99.1 cm³/mol. The molecule has 0 radical (unpaired) electrons. The first-order chi connectivity index (χ1) is 13.5. The second-order valence-electron chi connectivity index (χ2n) is 5.61. The van der Waals surface area contributed by atoms with E-state index in [-0.39, 0.29) is 23.7 Å². The van der Waals surface area contributed by atoms with Crippen LogP contribution >= 0.6 is 11.6 Å². The zero-order valence-electron chi connectivity index (χ0n) is 14.7. The van der Waals surface area contributed by atoms with Gasteiger partial charge in [0.1, 0.15) is 5.15 Å². The van der Waals surface area contributed by atoms with Crippen molar-refractivity contribution in [3.8, 4) is 11.4 Å². The summed E-state index contributed by atoms with van der Waals surface area (Å²) in [6, 6.07) is 6.41. The van der Waals surface area contributed by atoms with Gasteiger partial charge in [-0.25, -0.2) is 19.3 Å². The number of rotatable bonds is 6. The van der Waals surface area contributed by atoms with Gasteiger partial charge in [0, 0.05) is 25.9 Å². The molecular formula is C17H15ClN6O4. The van der Waals surface area contributed by atoms with Crippen LogP contribution in [0.1, 0.15) is 15.9 Å². The van der Waals surface area contributed by atoms with E-state index in [0.29, 0.717) is 17.3 Å². The number of nitrogens with zero attached hydrogens (tertiary/aromatic N) is 5. The Morgan fingerprint density at radius 3 is 2.79 bits per heavy atom. The zero-order chi connectivity index (χ0) is 20.1. The van der Waals surface area contributed by atoms with Gasteiger partial charge in [0.15, 0.2) is 11.5 Å². The maximum Gasteiger partial charge on any atom is 0.412 e. The topological polar surface area (TPSA) is 132 Å². The first kappa shape index (κ1) is 19.2. The fourth-order valence-electron chi connectivity index (χ4n) is 2.32. The number of aryl methyl sites for hydroxylation is 1. The Labute approximate surface area is 164 Å². The molecule has 0 unspecified atom stereocenters. The van der Waals surface area contributed by atoms with Gasteiger partial charge in [-0.05, 0) is 23.8 Å². The normalized spacial score (nSPS) is 10.5. The molecule has 0 fully saturated rings. The Balaban J connectivity index is 1.65. The number of carboxylic acids is 1. The van der Waals surface area contributed by atoms with Gasteiger partial charge < -0.3 is 9.84 Å². The minimum atomic E-state index is -1.09. The van der Waals surface area contributed by atoms with Gasteiger partial charge in [-0.3, -0.25) is 10.3 Å². The van der Waals surface area contributed by atoms with E-state index in [1.165, 1.54) is 23.0 Å². The first-order valence-corrected chi connectivity index (χ1v) is 8.46. The highest BCUT2D eigenvalue weighted by atomic mass is 35.5. The highest BCUT2D eigenvalue weighted by molar-refractivity contribution is 6.30. The lowest BCUT2D eigenvalue weighted by Gasteiger charge is -2.08. The molecule has 1 amide bonds. The SMILES string of the molecule is Cn1nnc(-c2ccc(C(=O)O)cn2)c1NC(=O)OCCc1cccnc1Cl. The van der Waals surface area contributed by atoms with Gasteiger partial charge >= 0.3 is 12.1 Å². The molecule has 0 saturated carbocycles. The highest BCUT2D eigenvalue weighted by Crippen LogP contribution is 2.23. The third-order valence-corrected chi connectivity index (χ3v) is 4.08. The zero-order valence-corrected chi connectivity index (χ0v) is 15.4. The first-order valence-electron chi connectivity index (χ1n) is 8.08. The summed E-state index contributed by atoms with van der Waals surface area (Å²) in [7, 11) is 1.59. The number of nitrogens with one attached hydrogen (secondary N) is 1. The standard InChI is InChI=1S/C17H15ClN6O4/c1-24-15(13(22-23-24)12-5-4-11(9-20-12)16(25)26)21-17(27)28-8-6-10-3-2-7-19-14(10)18/h2-5,7,9H,6,8H2,1H3,(H,21,27)(H,25,26). The summed E-state index contributed by atoms with van der Waals surface area (Å²) in [5, 5.41) is 19.7. The maximum atomic E-state index is 12.1. The average molecular weight is 403 g/mol. The highest BCUT2D eigenvalue weighted by Gasteiger charge is 2.18. The van der Waals surface area contributed by atoms with Crippen LogP contribution in [-0.2, 0) is 18.2 Å². The van der Waals surface area contributed by atoms with Crippen molar-refractivity contribution in [2.24, 2.45) is 7.05 Å². The molecule has 3 aromatic rings. The molecule has 0 atom stereocenters. The lowest BCUT2D eigenvalue weighted by atomic mass is 10.2. The molecule has 3 heterocycles. The number of hydrogen-bond donors (Lipinski definition) is 2. The van der Waals surface area contributed by atoms with Crippen molar-refractivity contribution in [1.82, 2.24) is 25.0 Å². The molecule has 0 saturated heterocycles. The molecule has 3 rings (SSSR count). The van der Waals surface area contributed by atoms with Crippen LogP contribution in [0.4, 0.5) is 10.6 Å². The fourth-order valence-corrected chi connectivity index (χ4v) is 2.54. The molecule has 3 aromatic heterocycles. The fraction of sp³-hybridized carbons (Fsp3) is 0.176. The molecule has 2 N–H and O–H groups in total. The van der Waals surface area contributed by atoms with Crippen molar-refractivity contribution in [3.05, 3.63) is 52.9 Å². The van der Waals surface area contributed by atoms with Gasteiger partial charge in [0.05, 0.1) is 17.9 Å². The molecule has 11 heteroatoms. The average Bonchev–Trinajstić information content (AvgIpc) is 3.04. The summed E-state index contributed by atoms with van der Waals surface area (Å²) in [5.74, 6) is -0.825. The number of halogens is 1. The van der Waals surface area contributed by atoms with Crippen LogP contribution in [0.5, 0.6) is 0 Å². The number of aromatic nitrogens is 5. The van der Waals surface area contributed by atoms with Crippen LogP contribution in [0.25, 0.3) is 11.4 Å². The molecule has 0 aromatic carbocycles. The third kappa shape index (κ3) is 4.41. The summed E-state index contributed by atoms with van der Waals surface area (Å²) in [4.78, 5) is 31.1. The van der Waals surface area contributed by atoms with Crippen LogP contribution in [0.2, 0.25) is 5.15 Å². The Bertz CT molecular complexity index is 1010. The van der Waals surface area contributed by atoms with E-state index in [0.717, 1.165) is 5.56 Å². The van der Waals surface area contributed by atoms with E-state index in [2.05, 4.69) is 25.6 Å². The van der Waals surface area contributed by atoms with E-state index >= 15 is 0 Å². The van der Waals surface area contributed by atoms with E-state index in [9.17, 15) is 9.59 Å². The Morgan fingerprint density at radius 1 is 1.29 bits per heavy atom. The van der Waals surface area contributed by atoms with Crippen LogP contribution < -0.4 is 5.32 Å². The largest absolute Gasteiger partial charge is 0.478 e. The van der Waals surface area contributed by atoms with E-state index < -0.39 is 12.1 Å². The maximum absolute atomic E-state index is 12.1. The summed E-state index contributed by atoms with van der Waals surface area (Å²) >= 11 is 5.96. The number of carbonyl (C=O) groups is 2. The molecule has 0 aliphatic heterocycles. The molecule has 0 aliphatic carbocycles. The second kappa shape index (κ2) is 8.44. The Morgan fingerprint density at radius 2 is 2.11 bits per heavy atom. The van der Waals surface area contributed by atoms with Crippen molar-refractivity contribution in [3.63, 3.8) is 0 Å². The van der Waals surface area contributed by atoms with Crippen molar-refractivity contribution in [2.75, 3.05) is 11.9 Å². The molecular weight excluding hydrogens is 388 g/mol. The van der Waals surface area contributed by atoms with Gasteiger partial charge in [-0.1, -0.05) is 22.9 Å². The lowest BCUT2D eigenvalue weighted by molar-refractivity contribution is 0.0696. The van der Waals surface area contributed by atoms with E-state index in [1.807, 2.05) is 0 Å². The van der Waals surface area contributed by atoms with Crippen LogP contribution in [0.15, 0.2) is 36.7 Å². The number of carbonyl (C=O) groups excluding carboxylic acids is 1. The minimum Gasteiger partial charge on any atom is -0.478 e. The van der Waals surface area contributed by atoms with Crippen molar-refractivity contribution >= 4 is 29.5 Å². The molecule has 0 aliphatic rings. The number of amides is 1. The number of ether oxygens (including phenoxy) is 1. The number of hydrogen-bond acceptors (Lipinski definition) is 7. The molecule has 144 valence electrons. The Hall–Kier alpha value is -3.53. The number of pyridine rings is 2. The van der Waals surface area contributed by atoms with Gasteiger partial charge in [-0.15, -0.1) is 5.10 Å². The van der Waals surface area contributed by atoms with Gasteiger partial charge in [-0.2, -0.15) is 0 Å². The number of carboxylic acid groups (broad SMARTS) is 1. The van der Waals surface area contributed by atoms with Crippen LogP contribution in [-0.4, -0.2) is 48.7 Å². The van der Waals surface area contributed by atoms with Gasteiger partial charge in [0.25, 0.3) is 0 Å². The molecule has 28 heavy (non-hydrogen) atoms. The number of aromatic carboxylic acids is 1. The summed E-state index contributed by atoms with van der Waals surface area (Å²) in [6.45, 7) is 0.101. The smallest absolute Gasteiger partial charge is 0.412 e. The monoisotopic (exact) mass is 402 g/mol. The second-order valence-corrected chi connectivity index (χ2v) is 5.97. The summed E-state index contributed by atoms with van der Waals surface area (Å²) in [5.41, 5.74) is 1.44. The summed E-state index contributed by atoms with van der Waals surface area (Å²) < 4.78 is 6.52. The molecule has 0 bridgehead atoms. The molecule has 10 nitrogen and oxygen atoms in total. The minimum absolute atomic E-state index is 0.0376. The van der Waals surface area contributed by atoms with Crippen molar-refractivity contribution < 1.29 is 19.4 Å². The van der Waals surface area contributed by atoms with Crippen molar-refractivity contribution in [2.45, 2.75) is 6.42 Å². The molecule has 0 spiro atoms. The van der Waals surface area contributed by atoms with Crippen LogP contribution in [0.3, 0.4) is 0 Å². The number of anilines is 1. The quantitative estimate of drug-likeness (QED) is 0.600. The van der Waals surface area contributed by atoms with Gasteiger partial charge in [0.2, 0.25) is 0 Å². The lowest BCUT2D eigenvalue weighted by Crippen LogP contribution is -2.18. The van der Waals surface area contributed by atoms with Crippen LogP contribution in [0, 0.1) is 0 Å². The predicted octanol–water partition coefficient (Wildman–Crippen LogP) is 2.41. The summed E-state index contributed by atoms with van der Waals surface area (Å²) in [6.07, 6.45) is 2.49. The van der Waals surface area contributed by atoms with E-state index in [4.69, 9.17) is 21.4 Å². The van der Waals surface area contributed by atoms with E-state index in [1.54, 1.807) is 25.4 Å². The third-order valence-electron chi connectivity index (χ3n) is 3.74.